The first kappa shape index (κ1) is 19.1. The summed E-state index contributed by atoms with van der Waals surface area (Å²) < 4.78 is 42.5. The van der Waals surface area contributed by atoms with Gasteiger partial charge in [-0.05, 0) is 24.8 Å². The molecule has 0 spiro atoms. The van der Waals surface area contributed by atoms with E-state index in [0.29, 0.717) is 23.0 Å². The monoisotopic (exact) mass is 340 g/mol. The average molecular weight is 340 g/mol. The SMILES string of the molecule is C=C(CSc1nc2ccc(OCC)cc2[nH]1)[B-](F)(F)F.[K+]. The molecule has 0 aliphatic heterocycles. The molecule has 0 saturated carbocycles. The molecule has 3 nitrogen and oxygen atoms in total. The molecule has 0 aliphatic rings. The van der Waals surface area contributed by atoms with E-state index in [-0.39, 0.29) is 57.1 Å². The summed E-state index contributed by atoms with van der Waals surface area (Å²) in [4.78, 5) is 7.19. The zero-order valence-electron chi connectivity index (χ0n) is 11.8. The van der Waals surface area contributed by atoms with Gasteiger partial charge in [0.15, 0.2) is 5.16 Å². The maximum atomic E-state index is 12.4. The van der Waals surface area contributed by atoms with Crippen molar-refractivity contribution in [3.63, 3.8) is 0 Å². The second-order valence-corrected chi connectivity index (χ2v) is 5.14. The number of hydrogen-bond acceptors (Lipinski definition) is 3. The molecule has 1 aromatic carbocycles. The van der Waals surface area contributed by atoms with Gasteiger partial charge in [-0.25, -0.2) is 4.98 Å². The number of nitrogens with zero attached hydrogens (tertiary/aromatic N) is 1. The van der Waals surface area contributed by atoms with Gasteiger partial charge in [-0.3, -0.25) is 0 Å². The number of benzene rings is 1. The van der Waals surface area contributed by atoms with Gasteiger partial charge < -0.3 is 22.7 Å². The number of fused-ring (bicyclic) bond motifs is 1. The van der Waals surface area contributed by atoms with Crippen LogP contribution in [0.2, 0.25) is 0 Å². The van der Waals surface area contributed by atoms with Crippen molar-refractivity contribution in [1.82, 2.24) is 9.97 Å². The van der Waals surface area contributed by atoms with Crippen LogP contribution in [-0.4, -0.2) is 29.3 Å². The Morgan fingerprint density at radius 3 is 2.76 bits per heavy atom. The fourth-order valence-electron chi connectivity index (χ4n) is 1.55. The summed E-state index contributed by atoms with van der Waals surface area (Å²) in [7, 11) is 0. The van der Waals surface area contributed by atoms with E-state index in [1.54, 1.807) is 18.2 Å². The Balaban J connectivity index is 0.00000220. The molecule has 1 N–H and O–H groups in total. The van der Waals surface area contributed by atoms with Crippen LogP contribution in [-0.2, 0) is 0 Å². The number of H-pyrrole nitrogens is 1. The van der Waals surface area contributed by atoms with E-state index in [2.05, 4.69) is 16.5 Å². The minimum atomic E-state index is -4.99. The van der Waals surface area contributed by atoms with Crippen LogP contribution >= 0.6 is 11.8 Å². The molecule has 0 saturated heterocycles. The molecule has 0 radical (unpaired) electrons. The van der Waals surface area contributed by atoms with Gasteiger partial charge in [0.25, 0.3) is 0 Å². The molecule has 0 bridgehead atoms. The first-order valence-electron chi connectivity index (χ1n) is 6.03. The van der Waals surface area contributed by atoms with Crippen LogP contribution in [0.5, 0.6) is 5.75 Å². The standard InChI is InChI=1S/C12H13BF3N2OS.K/c1-3-19-9-4-5-10-11(6-9)18-12(17-10)20-7-8(2)13(14,15)16;/h4-6H,2-3,7H2,1H3,(H,17,18);/q-1;+1. The maximum absolute atomic E-state index is 12.4. The smallest absolute Gasteiger partial charge is 0.494 e. The summed E-state index contributed by atoms with van der Waals surface area (Å²) in [6, 6.07) is 5.32. The van der Waals surface area contributed by atoms with Gasteiger partial charge in [0.1, 0.15) is 5.75 Å². The third kappa shape index (κ3) is 5.33. The Kier molecular flexibility index (Phi) is 7.35. The van der Waals surface area contributed by atoms with E-state index in [4.69, 9.17) is 4.74 Å². The molecule has 0 atom stereocenters. The van der Waals surface area contributed by atoms with Crippen molar-refractivity contribution >= 4 is 29.8 Å². The van der Waals surface area contributed by atoms with Crippen molar-refractivity contribution in [2.24, 2.45) is 0 Å². The molecule has 108 valence electrons. The summed E-state index contributed by atoms with van der Waals surface area (Å²) in [6.45, 7) is 0.496. The minimum Gasteiger partial charge on any atom is -0.494 e. The second kappa shape index (κ2) is 8.07. The number of ether oxygens (including phenoxy) is 1. The number of halogens is 3. The zero-order valence-corrected chi connectivity index (χ0v) is 15.8. The Hall–Kier alpha value is 0.0713. The van der Waals surface area contributed by atoms with Crippen molar-refractivity contribution < 1.29 is 69.1 Å². The van der Waals surface area contributed by atoms with E-state index in [0.717, 1.165) is 17.3 Å². The Morgan fingerprint density at radius 1 is 1.43 bits per heavy atom. The van der Waals surface area contributed by atoms with E-state index in [1.807, 2.05) is 6.92 Å². The van der Waals surface area contributed by atoms with Gasteiger partial charge in [-0.2, -0.15) is 0 Å². The van der Waals surface area contributed by atoms with Crippen LogP contribution in [0, 0.1) is 0 Å². The van der Waals surface area contributed by atoms with Gasteiger partial charge in [0.05, 0.1) is 17.6 Å². The molecule has 0 unspecified atom stereocenters. The third-order valence-corrected chi connectivity index (χ3v) is 3.58. The molecule has 1 aromatic heterocycles. The fourth-order valence-corrected chi connectivity index (χ4v) is 2.40. The van der Waals surface area contributed by atoms with Crippen molar-refractivity contribution in [2.45, 2.75) is 12.1 Å². The van der Waals surface area contributed by atoms with Crippen LogP contribution in [0.4, 0.5) is 12.9 Å². The number of hydrogen-bond donors (Lipinski definition) is 1. The fraction of sp³-hybridized carbons (Fsp3) is 0.250. The molecule has 0 aliphatic carbocycles. The van der Waals surface area contributed by atoms with E-state index in [1.165, 1.54) is 0 Å². The number of imidazole rings is 1. The molecule has 2 aromatic rings. The molecule has 21 heavy (non-hydrogen) atoms. The average Bonchev–Trinajstić information content (AvgIpc) is 2.77. The summed E-state index contributed by atoms with van der Waals surface area (Å²) in [5.41, 5.74) is 0.714. The van der Waals surface area contributed by atoms with Crippen LogP contribution in [0.1, 0.15) is 6.92 Å². The summed E-state index contributed by atoms with van der Waals surface area (Å²) >= 11 is 0.989. The molecular formula is C12H13BF3KN2OS. The van der Waals surface area contributed by atoms with Crippen LogP contribution < -0.4 is 56.1 Å². The van der Waals surface area contributed by atoms with Crippen LogP contribution in [0.25, 0.3) is 11.0 Å². The molecular weight excluding hydrogens is 327 g/mol. The quantitative estimate of drug-likeness (QED) is 0.630. The Bertz CT molecular complexity index is 632. The van der Waals surface area contributed by atoms with E-state index >= 15 is 0 Å². The molecule has 9 heteroatoms. The van der Waals surface area contributed by atoms with Crippen LogP contribution in [0.15, 0.2) is 35.4 Å². The topological polar surface area (TPSA) is 37.9 Å². The number of rotatable bonds is 6. The Labute approximate surface area is 167 Å². The summed E-state index contributed by atoms with van der Waals surface area (Å²) in [5, 5.41) is 0.440. The molecule has 0 fully saturated rings. The van der Waals surface area contributed by atoms with Gasteiger partial charge in [-0.15, -0.1) is 12.1 Å². The number of thioether (sulfide) groups is 1. The molecule has 2 rings (SSSR count). The largest absolute Gasteiger partial charge is 1.00 e. The minimum absolute atomic E-state index is 0. The van der Waals surface area contributed by atoms with Crippen molar-refractivity contribution in [3.8, 4) is 5.75 Å². The van der Waals surface area contributed by atoms with E-state index < -0.39 is 12.4 Å². The second-order valence-electron chi connectivity index (χ2n) is 4.18. The summed E-state index contributed by atoms with van der Waals surface area (Å²) in [6.07, 6.45) is 0. The molecule has 1 heterocycles. The van der Waals surface area contributed by atoms with Crippen molar-refractivity contribution in [2.75, 3.05) is 12.4 Å². The zero-order chi connectivity index (χ0) is 14.8. The molecule has 0 amide bonds. The number of aromatic amines is 1. The first-order chi connectivity index (χ1) is 9.40. The van der Waals surface area contributed by atoms with Crippen molar-refractivity contribution in [3.05, 3.63) is 30.3 Å². The van der Waals surface area contributed by atoms with Crippen LogP contribution in [0.3, 0.4) is 0 Å². The Morgan fingerprint density at radius 2 is 2.14 bits per heavy atom. The van der Waals surface area contributed by atoms with Gasteiger partial charge in [-0.1, -0.05) is 11.8 Å². The summed E-state index contributed by atoms with van der Waals surface area (Å²) in [5.74, 6) is 0.477. The van der Waals surface area contributed by atoms with Gasteiger partial charge >= 0.3 is 58.4 Å². The predicted octanol–water partition coefficient (Wildman–Crippen LogP) is 1.00. The maximum Gasteiger partial charge on any atom is 1.00 e. The van der Waals surface area contributed by atoms with E-state index in [9.17, 15) is 12.9 Å². The van der Waals surface area contributed by atoms with Crippen molar-refractivity contribution in [1.29, 1.82) is 0 Å². The third-order valence-electron chi connectivity index (χ3n) is 2.60. The van der Waals surface area contributed by atoms with Gasteiger partial charge in [0, 0.05) is 6.07 Å². The number of aromatic nitrogens is 2. The first-order valence-corrected chi connectivity index (χ1v) is 7.01. The number of nitrogens with one attached hydrogen (secondary N) is 1. The van der Waals surface area contributed by atoms with Gasteiger partial charge in [0.2, 0.25) is 0 Å². The predicted molar refractivity (Wildman–Crippen MR) is 76.2 cm³/mol. The normalized spacial score (nSPS) is 11.2.